The zero-order valence-electron chi connectivity index (χ0n) is 19.3. The smallest absolute Gasteiger partial charge is 0.243 e. The van der Waals surface area contributed by atoms with Crippen molar-refractivity contribution in [2.45, 2.75) is 36.7 Å². The Morgan fingerprint density at radius 2 is 1.56 bits per heavy atom. The van der Waals surface area contributed by atoms with Gasteiger partial charge in [0.15, 0.2) is 0 Å². The van der Waals surface area contributed by atoms with Crippen molar-refractivity contribution >= 4 is 26.7 Å². The van der Waals surface area contributed by atoms with E-state index in [0.29, 0.717) is 30.8 Å². The van der Waals surface area contributed by atoms with Crippen LogP contribution in [-0.2, 0) is 21.4 Å². The van der Waals surface area contributed by atoms with Crippen molar-refractivity contribution < 1.29 is 13.2 Å². The highest BCUT2D eigenvalue weighted by molar-refractivity contribution is 7.89. The van der Waals surface area contributed by atoms with Crippen LogP contribution >= 0.6 is 0 Å². The number of sulfonamides is 1. The zero-order valence-corrected chi connectivity index (χ0v) is 20.1. The van der Waals surface area contributed by atoms with Crippen molar-refractivity contribution in [2.75, 3.05) is 26.2 Å². The van der Waals surface area contributed by atoms with E-state index in [1.54, 1.807) is 12.1 Å². The van der Waals surface area contributed by atoms with Crippen LogP contribution in [0, 0.1) is 5.92 Å². The second-order valence-corrected chi connectivity index (χ2v) is 11.3. The summed E-state index contributed by atoms with van der Waals surface area (Å²) in [5, 5.41) is 5.15. The van der Waals surface area contributed by atoms with Gasteiger partial charge in [0.2, 0.25) is 15.9 Å². The van der Waals surface area contributed by atoms with Gasteiger partial charge in [-0.15, -0.1) is 0 Å². The molecule has 0 aromatic heterocycles. The van der Waals surface area contributed by atoms with Gasteiger partial charge < -0.3 is 5.32 Å². The van der Waals surface area contributed by atoms with Gasteiger partial charge >= 0.3 is 0 Å². The number of carbonyl (C=O) groups excluding carboxylic acids is 1. The first-order chi connectivity index (χ1) is 16.5. The highest BCUT2D eigenvalue weighted by atomic mass is 32.2. The summed E-state index contributed by atoms with van der Waals surface area (Å²) < 4.78 is 27.9. The van der Waals surface area contributed by atoms with E-state index in [4.69, 9.17) is 0 Å². The molecule has 0 unspecified atom stereocenters. The average Bonchev–Trinajstić information content (AvgIpc) is 3.30. The van der Waals surface area contributed by atoms with Crippen molar-refractivity contribution in [3.05, 3.63) is 78.4 Å². The number of piperidine rings is 1. The Morgan fingerprint density at radius 1 is 0.853 bits per heavy atom. The normalized spacial score (nSPS) is 20.5. The Bertz CT molecular complexity index is 1250. The van der Waals surface area contributed by atoms with E-state index in [1.807, 2.05) is 36.4 Å². The van der Waals surface area contributed by atoms with Gasteiger partial charge in [0.25, 0.3) is 0 Å². The van der Waals surface area contributed by atoms with Gasteiger partial charge in [0, 0.05) is 44.7 Å². The Balaban J connectivity index is 1.14. The molecule has 0 spiro atoms. The molecule has 3 aromatic carbocycles. The average molecular weight is 478 g/mol. The molecular weight excluding hydrogens is 446 g/mol. The van der Waals surface area contributed by atoms with Gasteiger partial charge in [0.1, 0.15) is 0 Å². The van der Waals surface area contributed by atoms with Crippen molar-refractivity contribution in [2.24, 2.45) is 5.92 Å². The highest BCUT2D eigenvalue weighted by Gasteiger charge is 2.33. The summed E-state index contributed by atoms with van der Waals surface area (Å²) in [4.78, 5) is 15.6. The summed E-state index contributed by atoms with van der Waals surface area (Å²) in [7, 11) is -3.57. The number of fused-ring (bicyclic) bond motifs is 1. The molecule has 2 heterocycles. The highest BCUT2D eigenvalue weighted by Crippen LogP contribution is 2.26. The molecule has 2 aliphatic heterocycles. The second kappa shape index (κ2) is 9.86. The maximum atomic E-state index is 13.2. The minimum atomic E-state index is -3.57. The van der Waals surface area contributed by atoms with Gasteiger partial charge in [-0.05, 0) is 47.7 Å². The molecule has 2 fully saturated rings. The third kappa shape index (κ3) is 5.02. The van der Waals surface area contributed by atoms with Gasteiger partial charge in [-0.3, -0.25) is 9.69 Å². The van der Waals surface area contributed by atoms with Gasteiger partial charge in [0.05, 0.1) is 4.90 Å². The Morgan fingerprint density at radius 3 is 2.32 bits per heavy atom. The molecule has 6 nitrogen and oxygen atoms in total. The topological polar surface area (TPSA) is 69.7 Å². The number of nitrogens with zero attached hydrogens (tertiary/aromatic N) is 2. The minimum absolute atomic E-state index is 0.0642. The molecule has 7 heteroatoms. The van der Waals surface area contributed by atoms with E-state index in [1.165, 1.54) is 9.87 Å². The minimum Gasteiger partial charge on any atom is -0.352 e. The third-order valence-electron chi connectivity index (χ3n) is 7.05. The first kappa shape index (κ1) is 23.0. The number of hydrogen-bond acceptors (Lipinski definition) is 4. The summed E-state index contributed by atoms with van der Waals surface area (Å²) in [6, 6.07) is 23.6. The lowest BCUT2D eigenvalue weighted by Crippen LogP contribution is -2.45. The molecule has 2 saturated heterocycles. The molecule has 2 aliphatic rings. The number of hydrogen-bond donors (Lipinski definition) is 1. The summed E-state index contributed by atoms with van der Waals surface area (Å²) in [6.07, 6.45) is 2.06. The molecule has 34 heavy (non-hydrogen) atoms. The molecular formula is C27H31N3O3S. The van der Waals surface area contributed by atoms with Crippen LogP contribution in [0.1, 0.15) is 24.8 Å². The molecule has 1 atom stereocenters. The number of nitrogens with one attached hydrogen (secondary N) is 1. The fourth-order valence-electron chi connectivity index (χ4n) is 5.09. The van der Waals surface area contributed by atoms with Crippen LogP contribution in [0.2, 0.25) is 0 Å². The van der Waals surface area contributed by atoms with E-state index < -0.39 is 10.0 Å². The fraction of sp³-hybridized carbons (Fsp3) is 0.370. The summed E-state index contributed by atoms with van der Waals surface area (Å²) >= 11 is 0. The molecule has 1 N–H and O–H groups in total. The van der Waals surface area contributed by atoms with E-state index in [0.717, 1.165) is 36.8 Å². The predicted molar refractivity (Wildman–Crippen MR) is 134 cm³/mol. The maximum Gasteiger partial charge on any atom is 0.243 e. The summed E-state index contributed by atoms with van der Waals surface area (Å²) in [5.41, 5.74) is 1.29. The molecule has 0 radical (unpaired) electrons. The van der Waals surface area contributed by atoms with Crippen LogP contribution in [0.25, 0.3) is 10.8 Å². The number of amides is 1. The molecule has 178 valence electrons. The Kier molecular flexibility index (Phi) is 6.68. The van der Waals surface area contributed by atoms with E-state index in [2.05, 4.69) is 34.5 Å². The van der Waals surface area contributed by atoms with Crippen molar-refractivity contribution in [1.29, 1.82) is 0 Å². The Labute approximate surface area is 201 Å². The van der Waals surface area contributed by atoms with Gasteiger partial charge in [-0.25, -0.2) is 8.42 Å². The van der Waals surface area contributed by atoms with Crippen LogP contribution in [0.15, 0.2) is 77.7 Å². The van der Waals surface area contributed by atoms with Crippen LogP contribution in [0.3, 0.4) is 0 Å². The lowest BCUT2D eigenvalue weighted by molar-refractivity contribution is -0.126. The monoisotopic (exact) mass is 477 g/mol. The molecule has 0 saturated carbocycles. The lowest BCUT2D eigenvalue weighted by Gasteiger charge is -2.31. The predicted octanol–water partition coefficient (Wildman–Crippen LogP) is 3.63. The molecule has 0 bridgehead atoms. The van der Waals surface area contributed by atoms with Crippen molar-refractivity contribution in [3.8, 4) is 0 Å². The largest absolute Gasteiger partial charge is 0.352 e. The lowest BCUT2D eigenvalue weighted by atomic mass is 9.97. The molecule has 1 amide bonds. The SMILES string of the molecule is O=C(N[C@@H]1CCN(Cc2ccccc2)C1)C1CCN(S(=O)(=O)c2ccc3ccccc3c2)CC1. The van der Waals surface area contributed by atoms with Crippen molar-refractivity contribution in [3.63, 3.8) is 0 Å². The molecule has 5 rings (SSSR count). The number of likely N-dealkylation sites (tertiary alicyclic amines) is 1. The Hall–Kier alpha value is -2.74. The van der Waals surface area contributed by atoms with E-state index in [9.17, 15) is 13.2 Å². The van der Waals surface area contributed by atoms with Crippen molar-refractivity contribution in [1.82, 2.24) is 14.5 Å². The van der Waals surface area contributed by atoms with Gasteiger partial charge in [-0.2, -0.15) is 4.31 Å². The second-order valence-electron chi connectivity index (χ2n) is 9.40. The maximum absolute atomic E-state index is 13.2. The number of rotatable bonds is 6. The van der Waals surface area contributed by atoms with E-state index >= 15 is 0 Å². The first-order valence-electron chi connectivity index (χ1n) is 12.0. The first-order valence-corrected chi connectivity index (χ1v) is 13.5. The summed E-state index contributed by atoms with van der Waals surface area (Å²) in [5.74, 6) is -0.0689. The molecule has 0 aliphatic carbocycles. The quantitative estimate of drug-likeness (QED) is 0.589. The van der Waals surface area contributed by atoms with E-state index in [-0.39, 0.29) is 17.9 Å². The van der Waals surface area contributed by atoms with Crippen LogP contribution in [-0.4, -0.2) is 55.8 Å². The molecule has 3 aromatic rings. The van der Waals surface area contributed by atoms with Gasteiger partial charge in [-0.1, -0.05) is 60.7 Å². The number of benzene rings is 3. The summed E-state index contributed by atoms with van der Waals surface area (Å²) in [6.45, 7) is 3.48. The van der Waals surface area contributed by atoms with Crippen LogP contribution in [0.5, 0.6) is 0 Å². The third-order valence-corrected chi connectivity index (χ3v) is 8.95. The van der Waals surface area contributed by atoms with Crippen LogP contribution in [0.4, 0.5) is 0 Å². The standard InChI is InChI=1S/C27H31N3O3S/c31-27(28-25-14-15-29(20-25)19-21-6-2-1-3-7-21)23-12-16-30(17-13-23)34(32,33)26-11-10-22-8-4-5-9-24(22)18-26/h1-11,18,23,25H,12-17,19-20H2,(H,28,31)/t25-/m1/s1. The number of carbonyl (C=O) groups is 1. The zero-order chi connectivity index (χ0) is 23.5. The fourth-order valence-corrected chi connectivity index (χ4v) is 6.60. The van der Waals surface area contributed by atoms with Crippen LogP contribution < -0.4 is 5.32 Å².